The van der Waals surface area contributed by atoms with Crippen LogP contribution in [-0.2, 0) is 6.54 Å². The van der Waals surface area contributed by atoms with Gasteiger partial charge in [0.15, 0.2) is 0 Å². The third-order valence-corrected chi connectivity index (χ3v) is 6.98. The number of fused-ring (bicyclic) bond motifs is 1. The van der Waals surface area contributed by atoms with E-state index in [1.807, 2.05) is 77.4 Å². The molecule has 0 bridgehead atoms. The van der Waals surface area contributed by atoms with Crippen LogP contribution in [0.3, 0.4) is 0 Å². The summed E-state index contributed by atoms with van der Waals surface area (Å²) in [4.78, 5) is 20.2. The van der Waals surface area contributed by atoms with Crippen LogP contribution in [0, 0.1) is 0 Å². The number of hydrogen-bond donors (Lipinski definition) is 1. The van der Waals surface area contributed by atoms with Gasteiger partial charge in [-0.15, -0.1) is 0 Å². The van der Waals surface area contributed by atoms with Crippen LogP contribution >= 0.6 is 0 Å². The second-order valence-electron chi connectivity index (χ2n) is 9.61. The lowest BCUT2D eigenvalue weighted by Crippen LogP contribution is -2.42. The number of imidazole rings is 1. The number of anilines is 1. The SMILES string of the molecule is CCCN(C(=O)c1cccc(Cn2c(N)nc3ccc(Oc4ccccc4)cc32)c1)C1CCCCC1. The summed E-state index contributed by atoms with van der Waals surface area (Å²) in [5.41, 5.74) is 9.78. The van der Waals surface area contributed by atoms with Crippen LogP contribution < -0.4 is 10.5 Å². The Morgan fingerprint density at radius 1 is 1.00 bits per heavy atom. The number of rotatable bonds is 8. The minimum Gasteiger partial charge on any atom is -0.457 e. The highest BCUT2D eigenvalue weighted by Crippen LogP contribution is 2.28. The fourth-order valence-corrected chi connectivity index (χ4v) is 5.21. The molecule has 1 aliphatic carbocycles. The summed E-state index contributed by atoms with van der Waals surface area (Å²) in [6, 6.07) is 23.8. The van der Waals surface area contributed by atoms with Crippen LogP contribution in [0.5, 0.6) is 11.5 Å². The third-order valence-electron chi connectivity index (χ3n) is 6.98. The molecule has 1 amide bonds. The Morgan fingerprint density at radius 2 is 1.81 bits per heavy atom. The first kappa shape index (κ1) is 23.9. The number of carbonyl (C=O) groups excluding carboxylic acids is 1. The van der Waals surface area contributed by atoms with E-state index in [1.54, 1.807) is 0 Å². The number of benzene rings is 3. The first-order valence-corrected chi connectivity index (χ1v) is 13.0. The van der Waals surface area contributed by atoms with Gasteiger partial charge < -0.3 is 19.9 Å². The monoisotopic (exact) mass is 482 g/mol. The van der Waals surface area contributed by atoms with Gasteiger partial charge in [0.25, 0.3) is 5.91 Å². The molecule has 2 N–H and O–H groups in total. The number of ether oxygens (including phenoxy) is 1. The lowest BCUT2D eigenvalue weighted by atomic mass is 9.93. The van der Waals surface area contributed by atoms with Gasteiger partial charge in [-0.2, -0.15) is 0 Å². The van der Waals surface area contributed by atoms with Crippen molar-refractivity contribution in [2.45, 2.75) is 58.0 Å². The Labute approximate surface area is 212 Å². The quantitative estimate of drug-likeness (QED) is 0.305. The Kier molecular flexibility index (Phi) is 7.21. The predicted octanol–water partition coefficient (Wildman–Crippen LogP) is 6.64. The van der Waals surface area contributed by atoms with Crippen molar-refractivity contribution >= 4 is 22.9 Å². The van der Waals surface area contributed by atoms with Gasteiger partial charge in [-0.1, -0.05) is 56.5 Å². The Balaban J connectivity index is 1.40. The summed E-state index contributed by atoms with van der Waals surface area (Å²) in [6.45, 7) is 3.47. The average Bonchev–Trinajstić information content (AvgIpc) is 3.22. The number of nitrogens with two attached hydrogens (primary N) is 1. The predicted molar refractivity (Wildman–Crippen MR) is 144 cm³/mol. The van der Waals surface area contributed by atoms with Crippen molar-refractivity contribution in [2.24, 2.45) is 0 Å². The van der Waals surface area contributed by atoms with Crippen LogP contribution in [0.25, 0.3) is 11.0 Å². The zero-order chi connectivity index (χ0) is 24.9. The van der Waals surface area contributed by atoms with Crippen molar-refractivity contribution in [3.63, 3.8) is 0 Å². The van der Waals surface area contributed by atoms with E-state index in [9.17, 15) is 4.79 Å². The maximum Gasteiger partial charge on any atom is 0.254 e. The first-order valence-electron chi connectivity index (χ1n) is 13.0. The van der Waals surface area contributed by atoms with E-state index in [0.29, 0.717) is 18.5 Å². The number of nitrogens with zero attached hydrogens (tertiary/aromatic N) is 3. The Hall–Kier alpha value is -3.80. The molecule has 4 aromatic rings. The van der Waals surface area contributed by atoms with E-state index in [2.05, 4.69) is 16.8 Å². The molecule has 0 radical (unpaired) electrons. The fourth-order valence-electron chi connectivity index (χ4n) is 5.21. The minimum absolute atomic E-state index is 0.132. The van der Waals surface area contributed by atoms with E-state index in [0.717, 1.165) is 59.5 Å². The lowest BCUT2D eigenvalue weighted by Gasteiger charge is -2.34. The number of para-hydroxylation sites is 1. The number of aromatic nitrogens is 2. The molecule has 6 heteroatoms. The van der Waals surface area contributed by atoms with Gasteiger partial charge in [0, 0.05) is 24.2 Å². The second-order valence-corrected chi connectivity index (χ2v) is 9.61. The standard InChI is InChI=1S/C30H34N4O2/c1-2-18-33(24-12-5-3-6-13-24)29(35)23-11-9-10-22(19-23)21-34-28-20-26(16-17-27(28)32-30(34)31)36-25-14-7-4-8-15-25/h4,7-11,14-17,19-20,24H,2-3,5-6,12-13,18,21H2,1H3,(H2,31,32). The zero-order valence-corrected chi connectivity index (χ0v) is 20.9. The van der Waals surface area contributed by atoms with Crippen LogP contribution in [0.4, 0.5) is 5.95 Å². The highest BCUT2D eigenvalue weighted by Gasteiger charge is 2.25. The number of nitrogen functional groups attached to an aromatic ring is 1. The highest BCUT2D eigenvalue weighted by atomic mass is 16.5. The van der Waals surface area contributed by atoms with Crippen LogP contribution in [0.2, 0.25) is 0 Å². The smallest absolute Gasteiger partial charge is 0.254 e. The molecule has 1 aliphatic rings. The van der Waals surface area contributed by atoms with E-state index in [1.165, 1.54) is 19.3 Å². The summed E-state index contributed by atoms with van der Waals surface area (Å²) in [7, 11) is 0. The van der Waals surface area contributed by atoms with E-state index in [4.69, 9.17) is 10.5 Å². The van der Waals surface area contributed by atoms with E-state index >= 15 is 0 Å². The molecule has 0 aliphatic heterocycles. The molecule has 186 valence electrons. The number of carbonyl (C=O) groups is 1. The molecule has 1 aromatic heterocycles. The molecule has 1 saturated carbocycles. The maximum absolute atomic E-state index is 13.6. The Bertz CT molecular complexity index is 1330. The first-order chi connectivity index (χ1) is 17.6. The third kappa shape index (κ3) is 5.23. The summed E-state index contributed by atoms with van der Waals surface area (Å²) in [5.74, 6) is 2.07. The van der Waals surface area contributed by atoms with Crippen molar-refractivity contribution in [2.75, 3.05) is 12.3 Å². The molecule has 6 nitrogen and oxygen atoms in total. The van der Waals surface area contributed by atoms with Gasteiger partial charge in [-0.25, -0.2) is 4.98 Å². The van der Waals surface area contributed by atoms with Crippen molar-refractivity contribution in [1.82, 2.24) is 14.5 Å². The molecule has 0 spiro atoms. The molecule has 0 saturated heterocycles. The van der Waals surface area contributed by atoms with Gasteiger partial charge in [0.05, 0.1) is 17.6 Å². The molecular formula is C30H34N4O2. The number of amides is 1. The molecule has 1 fully saturated rings. The molecule has 0 unspecified atom stereocenters. The lowest BCUT2D eigenvalue weighted by molar-refractivity contribution is 0.0634. The van der Waals surface area contributed by atoms with E-state index < -0.39 is 0 Å². The van der Waals surface area contributed by atoms with Crippen LogP contribution in [0.15, 0.2) is 72.8 Å². The molecule has 0 atom stereocenters. The fraction of sp³-hybridized carbons (Fsp3) is 0.333. The van der Waals surface area contributed by atoms with Crippen LogP contribution in [0.1, 0.15) is 61.4 Å². The van der Waals surface area contributed by atoms with Gasteiger partial charge in [-0.3, -0.25) is 4.79 Å². The van der Waals surface area contributed by atoms with Gasteiger partial charge in [-0.05, 0) is 61.2 Å². The van der Waals surface area contributed by atoms with Gasteiger partial charge in [0.1, 0.15) is 11.5 Å². The highest BCUT2D eigenvalue weighted by molar-refractivity contribution is 5.94. The normalized spacial score (nSPS) is 14.1. The molecule has 5 rings (SSSR count). The molecule has 36 heavy (non-hydrogen) atoms. The van der Waals surface area contributed by atoms with Crippen molar-refractivity contribution in [3.05, 3.63) is 83.9 Å². The molecule has 1 heterocycles. The number of hydrogen-bond acceptors (Lipinski definition) is 4. The minimum atomic E-state index is 0.132. The summed E-state index contributed by atoms with van der Waals surface area (Å²) < 4.78 is 8.00. The second kappa shape index (κ2) is 10.9. The summed E-state index contributed by atoms with van der Waals surface area (Å²) in [5, 5.41) is 0. The van der Waals surface area contributed by atoms with Gasteiger partial charge in [0.2, 0.25) is 5.95 Å². The van der Waals surface area contributed by atoms with Gasteiger partial charge >= 0.3 is 0 Å². The largest absolute Gasteiger partial charge is 0.457 e. The topological polar surface area (TPSA) is 73.4 Å². The van der Waals surface area contributed by atoms with Crippen LogP contribution in [-0.4, -0.2) is 32.9 Å². The average molecular weight is 483 g/mol. The van der Waals surface area contributed by atoms with E-state index in [-0.39, 0.29) is 5.91 Å². The Morgan fingerprint density at radius 3 is 2.58 bits per heavy atom. The maximum atomic E-state index is 13.6. The van der Waals surface area contributed by atoms with Crippen molar-refractivity contribution < 1.29 is 9.53 Å². The van der Waals surface area contributed by atoms with Crippen molar-refractivity contribution in [1.29, 1.82) is 0 Å². The molecular weight excluding hydrogens is 448 g/mol. The summed E-state index contributed by atoms with van der Waals surface area (Å²) in [6.07, 6.45) is 6.88. The summed E-state index contributed by atoms with van der Waals surface area (Å²) >= 11 is 0. The molecule has 3 aromatic carbocycles. The van der Waals surface area contributed by atoms with Crippen molar-refractivity contribution in [3.8, 4) is 11.5 Å². The zero-order valence-electron chi connectivity index (χ0n) is 20.9.